The van der Waals surface area contributed by atoms with Gasteiger partial charge in [0.25, 0.3) is 0 Å². The number of hydrogen-bond acceptors (Lipinski definition) is 3. The third-order valence-electron chi connectivity index (χ3n) is 3.01. The fourth-order valence-electron chi connectivity index (χ4n) is 1.93. The zero-order valence-corrected chi connectivity index (χ0v) is 11.5. The molecule has 1 unspecified atom stereocenters. The highest BCUT2D eigenvalue weighted by Gasteiger charge is 2.04. The van der Waals surface area contributed by atoms with Crippen LogP contribution in [0, 0.1) is 0 Å². The van der Waals surface area contributed by atoms with Gasteiger partial charge in [-0.2, -0.15) is 0 Å². The lowest BCUT2D eigenvalue weighted by atomic mass is 10.1. The Hall–Kier alpha value is -1.87. The minimum atomic E-state index is 0.282. The minimum absolute atomic E-state index is 0.282. The van der Waals surface area contributed by atoms with E-state index in [0.717, 1.165) is 12.3 Å². The molecule has 3 nitrogen and oxygen atoms in total. The van der Waals surface area contributed by atoms with E-state index >= 15 is 0 Å². The summed E-state index contributed by atoms with van der Waals surface area (Å²) in [5.74, 6) is 0.927. The molecule has 0 saturated carbocycles. The maximum Gasteiger partial charge on any atom is 0.119 e. The number of hydrogen-bond donors (Lipinski definition) is 1. The van der Waals surface area contributed by atoms with Gasteiger partial charge in [0.2, 0.25) is 0 Å². The number of rotatable bonds is 6. The first-order chi connectivity index (χ1) is 9.29. The molecule has 100 valence electrons. The number of ether oxygens (including phenoxy) is 1. The Morgan fingerprint density at radius 1 is 1.26 bits per heavy atom. The molecule has 0 spiro atoms. The van der Waals surface area contributed by atoms with Gasteiger partial charge in [0.05, 0.1) is 6.61 Å². The third kappa shape index (κ3) is 4.07. The monoisotopic (exact) mass is 256 g/mol. The van der Waals surface area contributed by atoms with Gasteiger partial charge >= 0.3 is 0 Å². The van der Waals surface area contributed by atoms with Crippen molar-refractivity contribution in [1.82, 2.24) is 10.3 Å². The van der Waals surface area contributed by atoms with Crippen LogP contribution < -0.4 is 10.1 Å². The van der Waals surface area contributed by atoms with Crippen molar-refractivity contribution in [1.29, 1.82) is 0 Å². The Morgan fingerprint density at radius 3 is 2.89 bits per heavy atom. The highest BCUT2D eigenvalue weighted by atomic mass is 16.5. The molecule has 0 aliphatic heterocycles. The predicted octanol–water partition coefficient (Wildman–Crippen LogP) is 3.33. The fraction of sp³-hybridized carbons (Fsp3) is 0.312. The molecule has 2 aromatic rings. The van der Waals surface area contributed by atoms with Crippen molar-refractivity contribution in [2.24, 2.45) is 0 Å². The van der Waals surface area contributed by atoms with E-state index in [4.69, 9.17) is 4.74 Å². The maximum absolute atomic E-state index is 5.50. The van der Waals surface area contributed by atoms with Crippen molar-refractivity contribution in [2.75, 3.05) is 6.61 Å². The van der Waals surface area contributed by atoms with E-state index in [-0.39, 0.29) is 6.04 Å². The smallest absolute Gasteiger partial charge is 0.119 e. The molecule has 1 atom stereocenters. The minimum Gasteiger partial charge on any atom is -0.494 e. The van der Waals surface area contributed by atoms with Gasteiger partial charge in [-0.25, -0.2) is 0 Å². The molecule has 0 amide bonds. The van der Waals surface area contributed by atoms with E-state index in [1.165, 1.54) is 11.1 Å². The van der Waals surface area contributed by atoms with E-state index in [2.05, 4.69) is 35.4 Å². The summed E-state index contributed by atoms with van der Waals surface area (Å²) >= 11 is 0. The Kier molecular flexibility index (Phi) is 4.93. The lowest BCUT2D eigenvalue weighted by Gasteiger charge is -2.14. The quantitative estimate of drug-likeness (QED) is 0.860. The first kappa shape index (κ1) is 13.6. The molecule has 0 saturated heterocycles. The van der Waals surface area contributed by atoms with Crippen LogP contribution in [-0.4, -0.2) is 11.6 Å². The normalized spacial score (nSPS) is 12.1. The summed E-state index contributed by atoms with van der Waals surface area (Å²) in [7, 11) is 0. The molecule has 0 fully saturated rings. The van der Waals surface area contributed by atoms with Crippen molar-refractivity contribution in [3.63, 3.8) is 0 Å². The van der Waals surface area contributed by atoms with Crippen LogP contribution >= 0.6 is 0 Å². The largest absolute Gasteiger partial charge is 0.494 e. The number of nitrogens with zero attached hydrogens (tertiary/aromatic N) is 1. The maximum atomic E-state index is 5.50. The fourth-order valence-corrected chi connectivity index (χ4v) is 1.93. The Balaban J connectivity index is 1.93. The summed E-state index contributed by atoms with van der Waals surface area (Å²) in [4.78, 5) is 4.14. The summed E-state index contributed by atoms with van der Waals surface area (Å²) in [5.41, 5.74) is 2.42. The van der Waals surface area contributed by atoms with Crippen molar-refractivity contribution >= 4 is 0 Å². The molecular formula is C16H20N2O. The van der Waals surface area contributed by atoms with Gasteiger partial charge in [-0.15, -0.1) is 0 Å². The number of pyridine rings is 1. The third-order valence-corrected chi connectivity index (χ3v) is 3.01. The Morgan fingerprint density at radius 2 is 2.16 bits per heavy atom. The zero-order valence-electron chi connectivity index (χ0n) is 11.5. The van der Waals surface area contributed by atoms with Gasteiger partial charge < -0.3 is 10.1 Å². The van der Waals surface area contributed by atoms with Crippen LogP contribution in [0.4, 0.5) is 0 Å². The Bertz CT molecular complexity index is 499. The van der Waals surface area contributed by atoms with E-state index in [0.29, 0.717) is 6.61 Å². The average Bonchev–Trinajstić information content (AvgIpc) is 2.46. The molecule has 1 aromatic heterocycles. The van der Waals surface area contributed by atoms with Gasteiger partial charge in [-0.3, -0.25) is 4.98 Å². The second-order valence-electron chi connectivity index (χ2n) is 4.47. The van der Waals surface area contributed by atoms with Gasteiger partial charge in [0.1, 0.15) is 5.75 Å². The van der Waals surface area contributed by atoms with Gasteiger partial charge in [-0.1, -0.05) is 18.2 Å². The molecule has 1 heterocycles. The first-order valence-electron chi connectivity index (χ1n) is 6.64. The van der Waals surface area contributed by atoms with E-state index in [1.807, 2.05) is 31.3 Å². The molecule has 2 rings (SSSR count). The molecule has 1 aromatic carbocycles. The topological polar surface area (TPSA) is 34.1 Å². The zero-order chi connectivity index (χ0) is 13.5. The lowest BCUT2D eigenvalue weighted by molar-refractivity contribution is 0.339. The number of aromatic nitrogens is 1. The molecular weight excluding hydrogens is 236 g/mol. The SMILES string of the molecule is CCOc1cccc(CNC(C)c2cccnc2)c1. The summed E-state index contributed by atoms with van der Waals surface area (Å²) < 4.78 is 5.50. The summed E-state index contributed by atoms with van der Waals surface area (Å²) in [6.07, 6.45) is 3.69. The standard InChI is InChI=1S/C16H20N2O/c1-3-19-16-8-4-6-14(10-16)11-18-13(2)15-7-5-9-17-12-15/h4-10,12-13,18H,3,11H2,1-2H3. The molecule has 0 bridgehead atoms. The van der Waals surface area contributed by atoms with E-state index < -0.39 is 0 Å². The second-order valence-corrected chi connectivity index (χ2v) is 4.47. The van der Waals surface area contributed by atoms with Crippen LogP contribution in [0.15, 0.2) is 48.8 Å². The van der Waals surface area contributed by atoms with Crippen LogP contribution in [-0.2, 0) is 6.54 Å². The van der Waals surface area contributed by atoms with Crippen LogP contribution in [0.3, 0.4) is 0 Å². The molecule has 1 N–H and O–H groups in total. The van der Waals surface area contributed by atoms with Gasteiger partial charge in [0.15, 0.2) is 0 Å². The highest BCUT2D eigenvalue weighted by molar-refractivity contribution is 5.28. The van der Waals surface area contributed by atoms with Crippen LogP contribution in [0.5, 0.6) is 5.75 Å². The lowest BCUT2D eigenvalue weighted by Crippen LogP contribution is -2.18. The second kappa shape index (κ2) is 6.90. The average molecular weight is 256 g/mol. The summed E-state index contributed by atoms with van der Waals surface area (Å²) in [5, 5.41) is 3.49. The predicted molar refractivity (Wildman–Crippen MR) is 77.1 cm³/mol. The Labute approximate surface area is 114 Å². The first-order valence-corrected chi connectivity index (χ1v) is 6.64. The molecule has 3 heteroatoms. The van der Waals surface area contributed by atoms with Gasteiger partial charge in [-0.05, 0) is 43.2 Å². The number of nitrogens with one attached hydrogen (secondary N) is 1. The van der Waals surface area contributed by atoms with E-state index in [9.17, 15) is 0 Å². The van der Waals surface area contributed by atoms with Crippen LogP contribution in [0.25, 0.3) is 0 Å². The van der Waals surface area contributed by atoms with Crippen molar-refractivity contribution in [3.8, 4) is 5.75 Å². The molecule has 0 aliphatic carbocycles. The highest BCUT2D eigenvalue weighted by Crippen LogP contribution is 2.15. The molecule has 0 aliphatic rings. The van der Waals surface area contributed by atoms with Crippen LogP contribution in [0.2, 0.25) is 0 Å². The van der Waals surface area contributed by atoms with Crippen molar-refractivity contribution in [3.05, 3.63) is 59.9 Å². The van der Waals surface area contributed by atoms with Crippen LogP contribution in [0.1, 0.15) is 31.0 Å². The summed E-state index contributed by atoms with van der Waals surface area (Å²) in [6.45, 7) is 5.65. The molecule has 19 heavy (non-hydrogen) atoms. The van der Waals surface area contributed by atoms with Crippen molar-refractivity contribution in [2.45, 2.75) is 26.4 Å². The van der Waals surface area contributed by atoms with E-state index in [1.54, 1.807) is 6.20 Å². The molecule has 0 radical (unpaired) electrons. The van der Waals surface area contributed by atoms with Crippen molar-refractivity contribution < 1.29 is 4.74 Å². The number of benzene rings is 1. The summed E-state index contributed by atoms with van der Waals surface area (Å²) in [6, 6.07) is 12.5. The van der Waals surface area contributed by atoms with Gasteiger partial charge in [0, 0.05) is 25.0 Å².